The second kappa shape index (κ2) is 5.68. The van der Waals surface area contributed by atoms with Crippen molar-refractivity contribution in [3.05, 3.63) is 24.3 Å². The standard InChI is InChI=1S/C13H20N2O4S2/c1-2-7-13(8-9-13)10-15-21(18,19)12-5-3-11(4-6-12)20(14,16)17/h3-6,15H,2,7-10H2,1H3,(H2,14,16,17). The zero-order valence-corrected chi connectivity index (χ0v) is 13.5. The molecule has 1 aromatic rings. The lowest BCUT2D eigenvalue weighted by Gasteiger charge is -2.15. The molecule has 0 saturated heterocycles. The zero-order chi connectivity index (χ0) is 15.7. The van der Waals surface area contributed by atoms with E-state index in [1.807, 2.05) is 0 Å². The molecule has 3 N–H and O–H groups in total. The van der Waals surface area contributed by atoms with Gasteiger partial charge in [0.15, 0.2) is 0 Å². The van der Waals surface area contributed by atoms with Crippen LogP contribution in [0.3, 0.4) is 0 Å². The van der Waals surface area contributed by atoms with E-state index in [1.165, 1.54) is 24.3 Å². The van der Waals surface area contributed by atoms with Crippen LogP contribution in [-0.2, 0) is 20.0 Å². The van der Waals surface area contributed by atoms with Crippen molar-refractivity contribution in [3.8, 4) is 0 Å². The van der Waals surface area contributed by atoms with E-state index in [9.17, 15) is 16.8 Å². The topological polar surface area (TPSA) is 106 Å². The minimum Gasteiger partial charge on any atom is -0.225 e. The van der Waals surface area contributed by atoms with Crippen LogP contribution in [0.1, 0.15) is 32.6 Å². The number of sulfonamides is 2. The molecule has 1 fully saturated rings. The molecule has 21 heavy (non-hydrogen) atoms. The maximum absolute atomic E-state index is 12.2. The van der Waals surface area contributed by atoms with Crippen LogP contribution in [0.15, 0.2) is 34.1 Å². The minimum absolute atomic E-state index is 0.0437. The molecule has 1 aromatic carbocycles. The van der Waals surface area contributed by atoms with Crippen LogP contribution in [0.2, 0.25) is 0 Å². The maximum Gasteiger partial charge on any atom is 0.240 e. The van der Waals surface area contributed by atoms with Crippen molar-refractivity contribution in [2.75, 3.05) is 6.54 Å². The molecule has 6 nitrogen and oxygen atoms in total. The molecule has 2 rings (SSSR count). The molecule has 0 unspecified atom stereocenters. The lowest BCUT2D eigenvalue weighted by molar-refractivity contribution is 0.449. The first-order valence-electron chi connectivity index (χ1n) is 6.81. The Bertz CT molecular complexity index is 705. The smallest absolute Gasteiger partial charge is 0.225 e. The molecule has 0 heterocycles. The van der Waals surface area contributed by atoms with Gasteiger partial charge in [0.1, 0.15) is 0 Å². The van der Waals surface area contributed by atoms with Crippen molar-refractivity contribution in [1.82, 2.24) is 4.72 Å². The fourth-order valence-electron chi connectivity index (χ4n) is 2.36. The fraction of sp³-hybridized carbons (Fsp3) is 0.538. The molecule has 8 heteroatoms. The first kappa shape index (κ1) is 16.4. The van der Waals surface area contributed by atoms with Gasteiger partial charge in [-0.15, -0.1) is 0 Å². The van der Waals surface area contributed by atoms with Gasteiger partial charge in [-0.1, -0.05) is 13.3 Å². The first-order chi connectivity index (χ1) is 9.69. The third kappa shape index (κ3) is 4.03. The number of benzene rings is 1. The van der Waals surface area contributed by atoms with Gasteiger partial charge in [-0.2, -0.15) is 0 Å². The van der Waals surface area contributed by atoms with Crippen LogP contribution < -0.4 is 9.86 Å². The van der Waals surface area contributed by atoms with Crippen LogP contribution >= 0.6 is 0 Å². The third-order valence-electron chi connectivity index (χ3n) is 3.84. The highest BCUT2D eigenvalue weighted by Crippen LogP contribution is 2.49. The van der Waals surface area contributed by atoms with Gasteiger partial charge in [0.05, 0.1) is 9.79 Å². The maximum atomic E-state index is 12.2. The van der Waals surface area contributed by atoms with Gasteiger partial charge in [0.25, 0.3) is 0 Å². The first-order valence-corrected chi connectivity index (χ1v) is 9.84. The Balaban J connectivity index is 2.09. The Labute approximate surface area is 125 Å². The number of primary sulfonamides is 1. The molecule has 0 radical (unpaired) electrons. The largest absolute Gasteiger partial charge is 0.240 e. The molecular weight excluding hydrogens is 312 g/mol. The molecule has 1 aliphatic carbocycles. The molecule has 0 atom stereocenters. The number of nitrogens with one attached hydrogen (secondary N) is 1. The highest BCUT2D eigenvalue weighted by atomic mass is 32.2. The quantitative estimate of drug-likeness (QED) is 0.782. The summed E-state index contributed by atoms with van der Waals surface area (Å²) in [6.45, 7) is 2.51. The summed E-state index contributed by atoms with van der Waals surface area (Å²) in [4.78, 5) is -0.0618. The Morgan fingerprint density at radius 3 is 2.05 bits per heavy atom. The lowest BCUT2D eigenvalue weighted by atomic mass is 10.0. The molecule has 1 saturated carbocycles. The SMILES string of the molecule is CCCC1(CNS(=O)(=O)c2ccc(S(N)(=O)=O)cc2)CC1. The van der Waals surface area contributed by atoms with Gasteiger partial charge in [-0.05, 0) is 48.9 Å². The Morgan fingerprint density at radius 1 is 1.10 bits per heavy atom. The van der Waals surface area contributed by atoms with Gasteiger partial charge in [0.2, 0.25) is 20.0 Å². The van der Waals surface area contributed by atoms with E-state index in [0.717, 1.165) is 25.7 Å². The average molecular weight is 332 g/mol. The van der Waals surface area contributed by atoms with Gasteiger partial charge in [-0.3, -0.25) is 0 Å². The average Bonchev–Trinajstić information content (AvgIpc) is 3.17. The van der Waals surface area contributed by atoms with Crippen molar-refractivity contribution in [2.45, 2.75) is 42.4 Å². The number of hydrogen-bond acceptors (Lipinski definition) is 4. The van der Waals surface area contributed by atoms with Crippen molar-refractivity contribution >= 4 is 20.0 Å². The summed E-state index contributed by atoms with van der Waals surface area (Å²) in [7, 11) is -7.43. The number of rotatable bonds is 7. The van der Waals surface area contributed by atoms with E-state index in [4.69, 9.17) is 5.14 Å². The van der Waals surface area contributed by atoms with E-state index >= 15 is 0 Å². The molecule has 0 spiro atoms. The molecular formula is C13H20N2O4S2. The van der Waals surface area contributed by atoms with Gasteiger partial charge in [0, 0.05) is 6.54 Å². The molecule has 118 valence electrons. The molecule has 0 aliphatic heterocycles. The van der Waals surface area contributed by atoms with Crippen molar-refractivity contribution in [3.63, 3.8) is 0 Å². The molecule has 0 amide bonds. The second-order valence-electron chi connectivity index (χ2n) is 5.59. The van der Waals surface area contributed by atoms with E-state index in [-0.39, 0.29) is 15.2 Å². The molecule has 0 bridgehead atoms. The van der Waals surface area contributed by atoms with Gasteiger partial charge >= 0.3 is 0 Å². The summed E-state index contributed by atoms with van der Waals surface area (Å²) in [5, 5.41) is 4.98. The van der Waals surface area contributed by atoms with Crippen LogP contribution in [0.5, 0.6) is 0 Å². The number of hydrogen-bond donors (Lipinski definition) is 2. The van der Waals surface area contributed by atoms with Crippen LogP contribution in [0.25, 0.3) is 0 Å². The second-order valence-corrected chi connectivity index (χ2v) is 8.92. The van der Waals surface area contributed by atoms with Gasteiger partial charge in [-0.25, -0.2) is 26.7 Å². The van der Waals surface area contributed by atoms with E-state index in [0.29, 0.717) is 6.54 Å². The molecule has 0 aromatic heterocycles. The predicted molar refractivity (Wildman–Crippen MR) is 79.6 cm³/mol. The Hall–Kier alpha value is -0.960. The summed E-state index contributed by atoms with van der Waals surface area (Å²) in [5.41, 5.74) is 0.113. The fourth-order valence-corrected chi connectivity index (χ4v) is 4.03. The van der Waals surface area contributed by atoms with Crippen molar-refractivity contribution < 1.29 is 16.8 Å². The summed E-state index contributed by atoms with van der Waals surface area (Å²) in [5.74, 6) is 0. The Morgan fingerprint density at radius 2 is 1.62 bits per heavy atom. The van der Waals surface area contributed by atoms with Crippen LogP contribution in [0, 0.1) is 5.41 Å². The monoisotopic (exact) mass is 332 g/mol. The Kier molecular flexibility index (Phi) is 4.44. The van der Waals surface area contributed by atoms with Crippen LogP contribution in [0.4, 0.5) is 0 Å². The summed E-state index contributed by atoms with van der Waals surface area (Å²) in [6.07, 6.45) is 4.14. The van der Waals surface area contributed by atoms with E-state index in [2.05, 4.69) is 11.6 Å². The summed E-state index contributed by atoms with van der Waals surface area (Å²) in [6, 6.07) is 4.90. The third-order valence-corrected chi connectivity index (χ3v) is 6.18. The van der Waals surface area contributed by atoms with Crippen LogP contribution in [-0.4, -0.2) is 23.4 Å². The van der Waals surface area contributed by atoms with E-state index in [1.54, 1.807) is 0 Å². The highest BCUT2D eigenvalue weighted by molar-refractivity contribution is 7.89. The minimum atomic E-state index is -3.81. The van der Waals surface area contributed by atoms with Crippen molar-refractivity contribution in [2.24, 2.45) is 10.6 Å². The predicted octanol–water partition coefficient (Wildman–Crippen LogP) is 1.19. The van der Waals surface area contributed by atoms with Crippen molar-refractivity contribution in [1.29, 1.82) is 0 Å². The number of nitrogens with two attached hydrogens (primary N) is 1. The normalized spacial score (nSPS) is 17.6. The van der Waals surface area contributed by atoms with E-state index < -0.39 is 20.0 Å². The molecule has 1 aliphatic rings. The zero-order valence-electron chi connectivity index (χ0n) is 11.9. The summed E-state index contributed by atoms with van der Waals surface area (Å²) < 4.78 is 49.3. The summed E-state index contributed by atoms with van der Waals surface area (Å²) >= 11 is 0. The highest BCUT2D eigenvalue weighted by Gasteiger charge is 2.42. The van der Waals surface area contributed by atoms with Gasteiger partial charge < -0.3 is 0 Å². The lowest BCUT2D eigenvalue weighted by Crippen LogP contribution is -2.30.